The minimum Gasteiger partial charge on any atom is -0.399 e. The number of hydrogen-bond donors (Lipinski definition) is 1. The fourth-order valence-electron chi connectivity index (χ4n) is 1.63. The molecule has 5 heteroatoms. The van der Waals surface area contributed by atoms with E-state index in [1.54, 1.807) is 30.1 Å². The van der Waals surface area contributed by atoms with Crippen LogP contribution in [0.3, 0.4) is 0 Å². The molecule has 0 atom stereocenters. The molecule has 1 heterocycles. The molecule has 0 aliphatic heterocycles. The molecular weight excluding hydrogens is 282 g/mol. The Kier molecular flexibility index (Phi) is 3.28. The Labute approximate surface area is 108 Å². The van der Waals surface area contributed by atoms with Gasteiger partial charge in [-0.25, -0.2) is 0 Å². The van der Waals surface area contributed by atoms with Crippen molar-refractivity contribution in [2.24, 2.45) is 7.05 Å². The lowest BCUT2D eigenvalue weighted by Gasteiger charge is -2.03. The number of aromatic nitrogens is 2. The minimum absolute atomic E-state index is 0.0293. The quantitative estimate of drug-likeness (QED) is 0.697. The van der Waals surface area contributed by atoms with Gasteiger partial charge in [-0.15, -0.1) is 0 Å². The molecule has 0 bridgehead atoms. The van der Waals surface area contributed by atoms with E-state index >= 15 is 0 Å². The molecule has 2 N–H and O–H groups in total. The Bertz CT molecular complexity index is 526. The summed E-state index contributed by atoms with van der Waals surface area (Å²) >= 11 is 3.32. The summed E-state index contributed by atoms with van der Waals surface area (Å²) in [5.74, 6) is 0.0293. The number of aryl methyl sites for hydroxylation is 1. The Morgan fingerprint density at radius 1 is 1.41 bits per heavy atom. The zero-order valence-electron chi connectivity index (χ0n) is 9.35. The van der Waals surface area contributed by atoms with Crippen LogP contribution in [-0.4, -0.2) is 15.6 Å². The summed E-state index contributed by atoms with van der Waals surface area (Å²) in [5, 5.41) is 4.02. The highest BCUT2D eigenvalue weighted by Crippen LogP contribution is 2.17. The van der Waals surface area contributed by atoms with Crippen molar-refractivity contribution in [3.63, 3.8) is 0 Å². The predicted octanol–water partition coefficient (Wildman–Crippen LogP) is 2.19. The number of carbonyl (C=O) groups excluding carboxylic acids is 1. The molecule has 0 fully saturated rings. The van der Waals surface area contributed by atoms with E-state index in [1.165, 1.54) is 0 Å². The van der Waals surface area contributed by atoms with E-state index in [0.717, 1.165) is 10.0 Å². The lowest BCUT2D eigenvalue weighted by molar-refractivity contribution is 0.0983. The summed E-state index contributed by atoms with van der Waals surface area (Å²) in [6, 6.07) is 7.30. The summed E-state index contributed by atoms with van der Waals surface area (Å²) in [7, 11) is 1.75. The van der Waals surface area contributed by atoms with Crippen LogP contribution in [0.1, 0.15) is 16.1 Å². The van der Waals surface area contributed by atoms with Crippen LogP contribution in [0.15, 0.2) is 34.9 Å². The van der Waals surface area contributed by atoms with Crippen LogP contribution in [0.2, 0.25) is 0 Å². The van der Waals surface area contributed by atoms with Gasteiger partial charge in [0, 0.05) is 19.2 Å². The highest BCUT2D eigenvalue weighted by molar-refractivity contribution is 9.10. The van der Waals surface area contributed by atoms with E-state index in [0.29, 0.717) is 17.8 Å². The third-order valence-corrected chi connectivity index (χ3v) is 3.08. The monoisotopic (exact) mass is 293 g/mol. The number of nitrogens with zero attached hydrogens (tertiary/aromatic N) is 2. The van der Waals surface area contributed by atoms with Gasteiger partial charge >= 0.3 is 0 Å². The number of nitrogens with two attached hydrogens (primary N) is 1. The topological polar surface area (TPSA) is 60.9 Å². The van der Waals surface area contributed by atoms with Gasteiger partial charge in [-0.2, -0.15) is 5.10 Å². The van der Waals surface area contributed by atoms with E-state index in [-0.39, 0.29) is 5.78 Å². The number of rotatable bonds is 3. The van der Waals surface area contributed by atoms with Gasteiger partial charge < -0.3 is 5.73 Å². The van der Waals surface area contributed by atoms with Crippen molar-refractivity contribution in [2.45, 2.75) is 6.42 Å². The van der Waals surface area contributed by atoms with Crippen LogP contribution in [-0.2, 0) is 13.5 Å². The molecule has 2 rings (SSSR count). The molecule has 17 heavy (non-hydrogen) atoms. The zero-order chi connectivity index (χ0) is 12.4. The number of carbonyl (C=O) groups is 1. The second-order valence-electron chi connectivity index (χ2n) is 3.81. The zero-order valence-corrected chi connectivity index (χ0v) is 10.9. The molecule has 0 aliphatic carbocycles. The fraction of sp³-hybridized carbons (Fsp3) is 0.167. The lowest BCUT2D eigenvalue weighted by atomic mass is 10.1. The molecule has 4 nitrogen and oxygen atoms in total. The minimum atomic E-state index is 0.0293. The third-order valence-electron chi connectivity index (χ3n) is 2.50. The summed E-state index contributed by atoms with van der Waals surface area (Å²) in [6.07, 6.45) is 1.97. The smallest absolute Gasteiger partial charge is 0.186 e. The number of hydrogen-bond acceptors (Lipinski definition) is 3. The van der Waals surface area contributed by atoms with E-state index in [2.05, 4.69) is 21.0 Å². The standard InChI is InChI=1S/C12H12BrN3O/c1-16-12(10(13)7-15-16)11(17)6-8-2-4-9(14)5-3-8/h2-5,7H,6,14H2,1H3. The van der Waals surface area contributed by atoms with Gasteiger partial charge in [0.2, 0.25) is 0 Å². The maximum atomic E-state index is 12.1. The summed E-state index contributed by atoms with van der Waals surface area (Å²) in [4.78, 5) is 12.1. The molecule has 1 aromatic heterocycles. The van der Waals surface area contributed by atoms with Crippen molar-refractivity contribution in [1.29, 1.82) is 0 Å². The predicted molar refractivity (Wildman–Crippen MR) is 69.8 cm³/mol. The number of ketones is 1. The van der Waals surface area contributed by atoms with Crippen LogP contribution >= 0.6 is 15.9 Å². The maximum absolute atomic E-state index is 12.1. The summed E-state index contributed by atoms with van der Waals surface area (Å²) in [5.41, 5.74) is 7.82. The van der Waals surface area contributed by atoms with Gasteiger partial charge in [0.25, 0.3) is 0 Å². The molecule has 88 valence electrons. The first-order valence-electron chi connectivity index (χ1n) is 5.13. The number of nitrogen functional groups attached to an aromatic ring is 1. The van der Waals surface area contributed by atoms with Gasteiger partial charge in [-0.3, -0.25) is 9.48 Å². The first kappa shape index (κ1) is 11.9. The van der Waals surface area contributed by atoms with Gasteiger partial charge in [0.15, 0.2) is 5.78 Å². The van der Waals surface area contributed by atoms with Crippen molar-refractivity contribution in [3.8, 4) is 0 Å². The lowest BCUT2D eigenvalue weighted by Crippen LogP contribution is -2.10. The molecule has 0 saturated carbocycles. The molecule has 0 saturated heterocycles. The molecule has 0 radical (unpaired) electrons. The van der Waals surface area contributed by atoms with Gasteiger partial charge in [-0.05, 0) is 33.6 Å². The van der Waals surface area contributed by atoms with E-state index in [9.17, 15) is 4.79 Å². The van der Waals surface area contributed by atoms with Crippen LogP contribution < -0.4 is 5.73 Å². The second-order valence-corrected chi connectivity index (χ2v) is 4.66. The average molecular weight is 294 g/mol. The Morgan fingerprint density at radius 3 is 2.59 bits per heavy atom. The number of halogens is 1. The first-order chi connectivity index (χ1) is 8.08. The normalized spacial score (nSPS) is 10.5. The molecular formula is C12H12BrN3O. The van der Waals surface area contributed by atoms with Gasteiger partial charge in [-0.1, -0.05) is 12.1 Å². The Morgan fingerprint density at radius 2 is 2.06 bits per heavy atom. The van der Waals surface area contributed by atoms with E-state index < -0.39 is 0 Å². The fourth-order valence-corrected chi connectivity index (χ4v) is 2.20. The SMILES string of the molecule is Cn1ncc(Br)c1C(=O)Cc1ccc(N)cc1. The molecule has 1 aromatic carbocycles. The summed E-state index contributed by atoms with van der Waals surface area (Å²) in [6.45, 7) is 0. The molecule has 2 aromatic rings. The van der Waals surface area contributed by atoms with Crippen LogP contribution in [0.4, 0.5) is 5.69 Å². The van der Waals surface area contributed by atoms with Crippen molar-refractivity contribution in [1.82, 2.24) is 9.78 Å². The molecule has 0 aliphatic rings. The third kappa shape index (κ3) is 2.55. The van der Waals surface area contributed by atoms with Crippen LogP contribution in [0.5, 0.6) is 0 Å². The van der Waals surface area contributed by atoms with Gasteiger partial charge in [0.05, 0.1) is 10.7 Å². The highest BCUT2D eigenvalue weighted by Gasteiger charge is 2.15. The molecule has 0 unspecified atom stereocenters. The van der Waals surface area contributed by atoms with Crippen molar-refractivity contribution >= 4 is 27.4 Å². The van der Waals surface area contributed by atoms with Gasteiger partial charge in [0.1, 0.15) is 5.69 Å². The largest absolute Gasteiger partial charge is 0.399 e. The molecule has 0 spiro atoms. The first-order valence-corrected chi connectivity index (χ1v) is 5.92. The highest BCUT2D eigenvalue weighted by atomic mass is 79.9. The number of benzene rings is 1. The van der Waals surface area contributed by atoms with Crippen molar-refractivity contribution in [2.75, 3.05) is 5.73 Å². The van der Waals surface area contributed by atoms with E-state index in [1.807, 2.05) is 12.1 Å². The van der Waals surface area contributed by atoms with E-state index in [4.69, 9.17) is 5.73 Å². The molecule has 0 amide bonds. The average Bonchev–Trinajstić information content (AvgIpc) is 2.62. The van der Waals surface area contributed by atoms with Crippen molar-refractivity contribution < 1.29 is 4.79 Å². The summed E-state index contributed by atoms with van der Waals surface area (Å²) < 4.78 is 2.30. The Hall–Kier alpha value is -1.62. The van der Waals surface area contributed by atoms with Crippen LogP contribution in [0.25, 0.3) is 0 Å². The second kappa shape index (κ2) is 4.71. The van der Waals surface area contributed by atoms with Crippen LogP contribution in [0, 0.1) is 0 Å². The number of Topliss-reactive ketones (excluding diaryl/α,β-unsaturated/α-hetero) is 1. The Balaban J connectivity index is 2.20. The maximum Gasteiger partial charge on any atom is 0.186 e. The number of anilines is 1. The van der Waals surface area contributed by atoms with Crippen molar-refractivity contribution in [3.05, 3.63) is 46.2 Å².